The van der Waals surface area contributed by atoms with Gasteiger partial charge in [0.2, 0.25) is 0 Å². The summed E-state index contributed by atoms with van der Waals surface area (Å²) in [4.78, 5) is 14.1. The van der Waals surface area contributed by atoms with E-state index in [0.717, 1.165) is 17.8 Å². The van der Waals surface area contributed by atoms with Gasteiger partial charge in [-0.25, -0.2) is 4.98 Å². The average molecular weight is 197 g/mol. The number of nitrogens with zero attached hydrogens (tertiary/aromatic N) is 1. The Hall–Kier alpha value is -1.20. The van der Waals surface area contributed by atoms with Gasteiger partial charge in [0.25, 0.3) is 0 Å². The van der Waals surface area contributed by atoms with E-state index in [1.165, 1.54) is 0 Å². The molecule has 0 unspecified atom stereocenters. The second-order valence-corrected chi connectivity index (χ2v) is 3.20. The molecule has 1 aromatic rings. The monoisotopic (exact) mass is 197 g/mol. The molecule has 0 saturated carbocycles. The summed E-state index contributed by atoms with van der Waals surface area (Å²) in [5.41, 5.74) is 5.91. The molecule has 0 atom stereocenters. The number of aromatic nitrogens is 1. The molecule has 0 aromatic carbocycles. The van der Waals surface area contributed by atoms with Crippen molar-refractivity contribution in [3.63, 3.8) is 0 Å². The van der Waals surface area contributed by atoms with Crippen LogP contribution in [0.25, 0.3) is 6.08 Å². The largest absolute Gasteiger partial charge is 0.542 e. The Morgan fingerprint density at radius 3 is 3.08 bits per heavy atom. The zero-order chi connectivity index (χ0) is 9.68. The van der Waals surface area contributed by atoms with Crippen LogP contribution in [-0.4, -0.2) is 17.5 Å². The van der Waals surface area contributed by atoms with Crippen molar-refractivity contribution in [1.29, 1.82) is 0 Å². The van der Waals surface area contributed by atoms with Crippen molar-refractivity contribution in [3.8, 4) is 0 Å². The van der Waals surface area contributed by atoms with Crippen molar-refractivity contribution < 1.29 is 9.90 Å². The normalized spacial score (nSPS) is 10.8. The number of aromatic carboxylic acids is 1. The minimum Gasteiger partial charge on any atom is -0.542 e. The Balaban J connectivity index is 2.64. The lowest BCUT2D eigenvalue weighted by molar-refractivity contribution is -0.255. The van der Waals surface area contributed by atoms with E-state index in [-0.39, 0.29) is 5.01 Å². The fraction of sp³-hybridized carbons (Fsp3) is 0.250. The van der Waals surface area contributed by atoms with Crippen molar-refractivity contribution in [1.82, 2.24) is 4.98 Å². The SMILES string of the molecule is NCCC=Cc1csc(C(=O)[O-])n1. The molecule has 0 amide bonds. The number of hydrogen-bond donors (Lipinski definition) is 1. The summed E-state index contributed by atoms with van der Waals surface area (Å²) in [5, 5.41) is 12.0. The predicted octanol–water partition coefficient (Wildman–Crippen LogP) is -0.131. The van der Waals surface area contributed by atoms with Gasteiger partial charge in [-0.05, 0) is 19.0 Å². The summed E-state index contributed by atoms with van der Waals surface area (Å²) in [6, 6.07) is 0. The predicted molar refractivity (Wildman–Crippen MR) is 49.1 cm³/mol. The number of carbonyl (C=O) groups is 1. The molecule has 2 N–H and O–H groups in total. The molecule has 0 saturated heterocycles. The number of carbonyl (C=O) groups excluding carboxylic acids is 1. The van der Waals surface area contributed by atoms with E-state index < -0.39 is 5.97 Å². The van der Waals surface area contributed by atoms with Gasteiger partial charge in [0.1, 0.15) is 11.0 Å². The van der Waals surface area contributed by atoms with Crippen molar-refractivity contribution in [2.45, 2.75) is 6.42 Å². The number of hydrogen-bond acceptors (Lipinski definition) is 5. The third kappa shape index (κ3) is 2.96. The number of carboxylic acids is 1. The van der Waals surface area contributed by atoms with Crippen LogP contribution in [0.4, 0.5) is 0 Å². The third-order valence-electron chi connectivity index (χ3n) is 1.32. The lowest BCUT2D eigenvalue weighted by Gasteiger charge is -1.91. The van der Waals surface area contributed by atoms with E-state index >= 15 is 0 Å². The van der Waals surface area contributed by atoms with Crippen LogP contribution in [0.1, 0.15) is 21.9 Å². The van der Waals surface area contributed by atoms with Gasteiger partial charge in [0.15, 0.2) is 0 Å². The molecule has 4 nitrogen and oxygen atoms in total. The first-order valence-electron chi connectivity index (χ1n) is 3.77. The first-order chi connectivity index (χ1) is 6.24. The third-order valence-corrected chi connectivity index (χ3v) is 2.16. The van der Waals surface area contributed by atoms with Crippen molar-refractivity contribution in [2.75, 3.05) is 6.54 Å². The van der Waals surface area contributed by atoms with Crippen LogP contribution in [0.3, 0.4) is 0 Å². The highest BCUT2D eigenvalue weighted by Crippen LogP contribution is 2.10. The highest BCUT2D eigenvalue weighted by atomic mass is 32.1. The maximum atomic E-state index is 10.3. The molecule has 1 rings (SSSR count). The van der Waals surface area contributed by atoms with E-state index in [2.05, 4.69) is 4.98 Å². The summed E-state index contributed by atoms with van der Waals surface area (Å²) >= 11 is 1.06. The Kier molecular flexibility index (Phi) is 3.60. The molecule has 1 aromatic heterocycles. The van der Waals surface area contributed by atoms with Gasteiger partial charge in [-0.15, -0.1) is 11.3 Å². The van der Waals surface area contributed by atoms with Gasteiger partial charge >= 0.3 is 0 Å². The number of thiazole rings is 1. The van der Waals surface area contributed by atoms with Gasteiger partial charge < -0.3 is 15.6 Å². The molecule has 0 aliphatic heterocycles. The van der Waals surface area contributed by atoms with Crippen LogP contribution in [0.2, 0.25) is 0 Å². The fourth-order valence-electron chi connectivity index (χ4n) is 0.757. The van der Waals surface area contributed by atoms with Crippen molar-refractivity contribution in [2.24, 2.45) is 5.73 Å². The van der Waals surface area contributed by atoms with E-state index in [1.807, 2.05) is 6.08 Å². The number of nitrogens with two attached hydrogens (primary N) is 1. The highest BCUT2D eigenvalue weighted by molar-refractivity contribution is 7.11. The molecule has 0 aliphatic rings. The minimum absolute atomic E-state index is 0.00685. The second kappa shape index (κ2) is 4.74. The van der Waals surface area contributed by atoms with Crippen LogP contribution in [0, 0.1) is 0 Å². The Morgan fingerprint density at radius 2 is 2.54 bits per heavy atom. The molecule has 0 spiro atoms. The molecule has 0 aliphatic carbocycles. The Labute approximate surface area is 79.7 Å². The average Bonchev–Trinajstić information content (AvgIpc) is 2.53. The van der Waals surface area contributed by atoms with Gasteiger partial charge in [0.05, 0.1) is 5.69 Å². The highest BCUT2D eigenvalue weighted by Gasteiger charge is 1.98. The lowest BCUT2D eigenvalue weighted by Crippen LogP contribution is -2.21. The van der Waals surface area contributed by atoms with E-state index in [1.54, 1.807) is 11.5 Å². The van der Waals surface area contributed by atoms with E-state index in [9.17, 15) is 9.90 Å². The summed E-state index contributed by atoms with van der Waals surface area (Å²) in [6.45, 7) is 0.577. The van der Waals surface area contributed by atoms with Gasteiger partial charge in [-0.2, -0.15) is 0 Å². The fourth-order valence-corrected chi connectivity index (χ4v) is 1.37. The van der Waals surface area contributed by atoms with Crippen LogP contribution in [0.15, 0.2) is 11.5 Å². The van der Waals surface area contributed by atoms with Crippen LogP contribution >= 0.6 is 11.3 Å². The van der Waals surface area contributed by atoms with Crippen LogP contribution < -0.4 is 10.8 Å². The molecule has 0 fully saturated rings. The first kappa shape index (κ1) is 9.88. The van der Waals surface area contributed by atoms with Crippen molar-refractivity contribution >= 4 is 23.4 Å². The number of rotatable bonds is 4. The topological polar surface area (TPSA) is 79.0 Å². The molecular weight excluding hydrogens is 188 g/mol. The van der Waals surface area contributed by atoms with Gasteiger partial charge in [0, 0.05) is 5.38 Å². The molecule has 70 valence electrons. The van der Waals surface area contributed by atoms with Crippen molar-refractivity contribution in [3.05, 3.63) is 22.2 Å². The first-order valence-corrected chi connectivity index (χ1v) is 4.65. The van der Waals surface area contributed by atoms with Crippen LogP contribution in [-0.2, 0) is 0 Å². The summed E-state index contributed by atoms with van der Waals surface area (Å²) in [6.07, 6.45) is 4.36. The standard InChI is InChI=1S/C8H10N2O2S/c9-4-2-1-3-6-5-13-7(10-6)8(11)12/h1,3,5H,2,4,9H2,(H,11,12)/p-1. The maximum absolute atomic E-state index is 10.3. The molecule has 5 heteroatoms. The molecule has 13 heavy (non-hydrogen) atoms. The van der Waals surface area contributed by atoms with Crippen LogP contribution in [0.5, 0.6) is 0 Å². The smallest absolute Gasteiger partial charge is 0.139 e. The lowest BCUT2D eigenvalue weighted by atomic mass is 10.3. The maximum Gasteiger partial charge on any atom is 0.139 e. The quantitative estimate of drug-likeness (QED) is 0.729. The molecular formula is C8H9N2O2S-. The summed E-state index contributed by atoms with van der Waals surface area (Å²) in [7, 11) is 0. The van der Waals surface area contributed by atoms with Gasteiger partial charge in [-0.3, -0.25) is 0 Å². The summed E-state index contributed by atoms with van der Waals surface area (Å²) in [5.74, 6) is -1.23. The Morgan fingerprint density at radius 1 is 1.77 bits per heavy atom. The molecule has 0 bridgehead atoms. The zero-order valence-corrected chi connectivity index (χ0v) is 7.71. The number of carboxylic acid groups (broad SMARTS) is 1. The van der Waals surface area contributed by atoms with E-state index in [4.69, 9.17) is 5.73 Å². The van der Waals surface area contributed by atoms with E-state index in [0.29, 0.717) is 12.2 Å². The van der Waals surface area contributed by atoms with Gasteiger partial charge in [-0.1, -0.05) is 6.08 Å². The molecule has 0 radical (unpaired) electrons. The Bertz CT molecular complexity index is 320. The summed E-state index contributed by atoms with van der Waals surface area (Å²) < 4.78 is 0. The minimum atomic E-state index is -1.23. The zero-order valence-electron chi connectivity index (χ0n) is 6.90. The second-order valence-electron chi connectivity index (χ2n) is 2.34. The molecule has 1 heterocycles.